The number of esters is 4. The zero-order valence-corrected chi connectivity index (χ0v) is 43.0. The summed E-state index contributed by atoms with van der Waals surface area (Å²) in [6.07, 6.45) is 3.86. The second-order valence-corrected chi connectivity index (χ2v) is 21.5. The van der Waals surface area contributed by atoms with Gasteiger partial charge in [-0.3, -0.25) is 43.8 Å². The van der Waals surface area contributed by atoms with E-state index in [4.69, 9.17) is 43.5 Å². The third kappa shape index (κ3) is 19.9. The van der Waals surface area contributed by atoms with Gasteiger partial charge in [0.25, 0.3) is 0 Å². The number of benzene rings is 1. The molecule has 0 aliphatic carbocycles. The number of nitrogen functional groups attached to an aromatic ring is 1. The summed E-state index contributed by atoms with van der Waals surface area (Å²) in [6, 6.07) is 22.8. The fourth-order valence-electron chi connectivity index (χ4n) is 7.46. The molecule has 16 nitrogen and oxygen atoms in total. The lowest BCUT2D eigenvalue weighted by molar-refractivity contribution is -0.162. The molecule has 0 amide bonds. The van der Waals surface area contributed by atoms with Crippen LogP contribution in [0, 0.1) is 0 Å². The van der Waals surface area contributed by atoms with E-state index in [2.05, 4.69) is 4.90 Å². The predicted octanol–water partition coefficient (Wildman–Crippen LogP) is 8.79. The number of rotatable bonds is 21. The Bertz CT molecular complexity index is 2280. The first kappa shape index (κ1) is 54.6. The molecule has 0 atom stereocenters. The van der Waals surface area contributed by atoms with Crippen molar-refractivity contribution in [3.8, 4) is 22.6 Å². The summed E-state index contributed by atoms with van der Waals surface area (Å²) >= 11 is 0. The SMILES string of the molecule is CC(C)(C)OC(=O)CN(CC(=O)OC(C)(C)C)Cc1cc(-c2ccco2)cc(CN(CCc2ccc(N)cc2)Cc2cc(-c3ccco3)cc(CN(CC(=O)OC(C)(C)C)CC(=O)OC(C)(C)C)n2)n1. The van der Waals surface area contributed by atoms with Gasteiger partial charge in [-0.05, 0) is 156 Å². The van der Waals surface area contributed by atoms with E-state index in [-0.39, 0.29) is 39.3 Å². The van der Waals surface area contributed by atoms with E-state index >= 15 is 0 Å². The summed E-state index contributed by atoms with van der Waals surface area (Å²) in [5.74, 6) is -0.738. The lowest BCUT2D eigenvalue weighted by atomic mass is 10.1. The summed E-state index contributed by atoms with van der Waals surface area (Å²) in [7, 11) is 0. The second kappa shape index (κ2) is 23.5. The molecule has 2 N–H and O–H groups in total. The normalized spacial score (nSPS) is 12.4. The molecule has 16 heteroatoms. The van der Waals surface area contributed by atoms with Crippen molar-refractivity contribution in [3.63, 3.8) is 0 Å². The zero-order valence-electron chi connectivity index (χ0n) is 43.0. The molecule has 5 aromatic rings. The molecule has 0 radical (unpaired) electrons. The lowest BCUT2D eigenvalue weighted by Gasteiger charge is -2.27. The quantitative estimate of drug-likeness (QED) is 0.0416. The molecule has 0 spiro atoms. The zero-order chi connectivity index (χ0) is 51.4. The van der Waals surface area contributed by atoms with Gasteiger partial charge < -0.3 is 33.5 Å². The van der Waals surface area contributed by atoms with Crippen LogP contribution in [0.15, 0.2) is 94.2 Å². The summed E-state index contributed by atoms with van der Waals surface area (Å²) in [5, 5.41) is 0. The Balaban J connectivity index is 1.54. The maximum Gasteiger partial charge on any atom is 0.320 e. The number of anilines is 1. The first-order valence-corrected chi connectivity index (χ1v) is 23.6. The monoisotopic (exact) mass is 965 g/mol. The molecule has 0 aliphatic heterocycles. The van der Waals surface area contributed by atoms with E-state index < -0.39 is 46.3 Å². The van der Waals surface area contributed by atoms with E-state index in [1.807, 2.05) is 72.8 Å². The van der Waals surface area contributed by atoms with Gasteiger partial charge in [0.2, 0.25) is 0 Å². The molecule has 1 aromatic carbocycles. The second-order valence-electron chi connectivity index (χ2n) is 21.5. The number of ether oxygens (including phenoxy) is 4. The third-order valence-electron chi connectivity index (χ3n) is 9.80. The van der Waals surface area contributed by atoms with Crippen molar-refractivity contribution >= 4 is 29.6 Å². The maximum absolute atomic E-state index is 13.2. The molecule has 0 saturated carbocycles. The summed E-state index contributed by atoms with van der Waals surface area (Å²) in [5.41, 5.74) is 8.94. The van der Waals surface area contributed by atoms with Crippen LogP contribution in [0.5, 0.6) is 0 Å². The Morgan fingerprint density at radius 3 is 1.09 bits per heavy atom. The highest BCUT2D eigenvalue weighted by Crippen LogP contribution is 2.27. The summed E-state index contributed by atoms with van der Waals surface area (Å²) in [6.45, 7) is 22.3. The lowest BCUT2D eigenvalue weighted by Crippen LogP contribution is -2.39. The molecule has 70 heavy (non-hydrogen) atoms. The van der Waals surface area contributed by atoms with Gasteiger partial charge in [-0.15, -0.1) is 0 Å². The number of furan rings is 2. The van der Waals surface area contributed by atoms with E-state index in [0.717, 1.165) is 16.7 Å². The summed E-state index contributed by atoms with van der Waals surface area (Å²) in [4.78, 5) is 68.8. The van der Waals surface area contributed by atoms with Crippen LogP contribution in [0.25, 0.3) is 22.6 Å². The van der Waals surface area contributed by atoms with Crippen LogP contribution in [-0.2, 0) is 70.7 Å². The van der Waals surface area contributed by atoms with Crippen LogP contribution in [0.1, 0.15) is 111 Å². The molecule has 0 aliphatic rings. The van der Waals surface area contributed by atoms with E-state index in [1.54, 1.807) is 105 Å². The Morgan fingerprint density at radius 1 is 0.486 bits per heavy atom. The van der Waals surface area contributed by atoms with Crippen molar-refractivity contribution in [2.75, 3.05) is 38.5 Å². The van der Waals surface area contributed by atoms with Gasteiger partial charge in [0.15, 0.2) is 0 Å². The molecule has 4 heterocycles. The van der Waals surface area contributed by atoms with Crippen molar-refractivity contribution < 1.29 is 47.0 Å². The van der Waals surface area contributed by atoms with Gasteiger partial charge >= 0.3 is 23.9 Å². The van der Waals surface area contributed by atoms with Crippen LogP contribution in [0.3, 0.4) is 0 Å². The molecule has 0 saturated heterocycles. The average molecular weight is 965 g/mol. The van der Waals surface area contributed by atoms with Crippen molar-refractivity contribution in [1.82, 2.24) is 24.7 Å². The number of nitrogens with zero attached hydrogens (tertiary/aromatic N) is 5. The predicted molar refractivity (Wildman–Crippen MR) is 266 cm³/mol. The summed E-state index contributed by atoms with van der Waals surface area (Å²) < 4.78 is 34.4. The Kier molecular flexibility index (Phi) is 18.3. The number of carbonyl (C=O) groups is 4. The molecule has 0 unspecified atom stereocenters. The van der Waals surface area contributed by atoms with Crippen molar-refractivity contribution in [2.45, 2.75) is 138 Å². The van der Waals surface area contributed by atoms with Crippen LogP contribution < -0.4 is 5.73 Å². The minimum absolute atomic E-state index is 0.116. The van der Waals surface area contributed by atoms with Gasteiger partial charge in [0, 0.05) is 49.5 Å². The van der Waals surface area contributed by atoms with Crippen LogP contribution in [0.4, 0.5) is 5.69 Å². The van der Waals surface area contributed by atoms with Gasteiger partial charge in [-0.2, -0.15) is 0 Å². The molecular weight excluding hydrogens is 893 g/mol. The highest BCUT2D eigenvalue weighted by Gasteiger charge is 2.27. The minimum atomic E-state index is -0.734. The minimum Gasteiger partial charge on any atom is -0.464 e. The van der Waals surface area contributed by atoms with Crippen molar-refractivity contribution in [3.05, 3.63) is 114 Å². The number of hydrogen-bond acceptors (Lipinski definition) is 16. The standard InChI is InChI=1S/C54H72N6O10/c1-51(2,3)67-47(61)33-59(34-48(62)68-52(4,5)6)31-43-27-38(45-15-13-23-65-45)25-41(56-43)29-58(22-21-37-17-19-40(55)20-18-37)30-42-26-39(46-16-14-24-66-46)28-44(57-42)32-60(35-49(63)69-53(7,8)9)36-50(64)70-54(10,11)12/h13-20,23-28H,21-22,29-36,55H2,1-12H3. The van der Waals surface area contributed by atoms with Gasteiger partial charge in [0.1, 0.15) is 33.9 Å². The van der Waals surface area contributed by atoms with Gasteiger partial charge in [-0.25, -0.2) is 0 Å². The Morgan fingerprint density at radius 2 is 0.800 bits per heavy atom. The Labute approximate surface area is 412 Å². The van der Waals surface area contributed by atoms with E-state index in [9.17, 15) is 19.2 Å². The van der Waals surface area contributed by atoms with Crippen molar-refractivity contribution in [2.24, 2.45) is 0 Å². The van der Waals surface area contributed by atoms with Gasteiger partial charge in [-0.1, -0.05) is 12.1 Å². The number of aromatic nitrogens is 2. The molecule has 378 valence electrons. The largest absolute Gasteiger partial charge is 0.464 e. The average Bonchev–Trinajstić information content (AvgIpc) is 3.94. The molecular formula is C54H72N6O10. The number of nitrogens with two attached hydrogens (primary N) is 1. The Hall–Kier alpha value is -6.36. The van der Waals surface area contributed by atoms with Crippen LogP contribution in [-0.4, -0.2) is 104 Å². The highest BCUT2D eigenvalue weighted by molar-refractivity contribution is 5.76. The van der Waals surface area contributed by atoms with Crippen LogP contribution in [0.2, 0.25) is 0 Å². The number of carbonyl (C=O) groups excluding carboxylic acids is 4. The number of hydrogen-bond donors (Lipinski definition) is 1. The maximum atomic E-state index is 13.2. The fraction of sp³-hybridized carbons (Fsp3) is 0.481. The van der Waals surface area contributed by atoms with Gasteiger partial charge in [0.05, 0.1) is 61.5 Å². The topological polar surface area (TPSA) is 193 Å². The van der Waals surface area contributed by atoms with Crippen LogP contribution >= 0.6 is 0 Å². The highest BCUT2D eigenvalue weighted by atomic mass is 16.6. The van der Waals surface area contributed by atoms with Crippen molar-refractivity contribution in [1.29, 1.82) is 0 Å². The molecule has 0 fully saturated rings. The third-order valence-corrected chi connectivity index (χ3v) is 9.80. The first-order chi connectivity index (χ1) is 32.6. The smallest absolute Gasteiger partial charge is 0.320 e. The fourth-order valence-corrected chi connectivity index (χ4v) is 7.46. The first-order valence-electron chi connectivity index (χ1n) is 23.6. The molecule has 0 bridgehead atoms. The van der Waals surface area contributed by atoms with E-state index in [0.29, 0.717) is 66.0 Å². The molecule has 4 aromatic heterocycles. The van der Waals surface area contributed by atoms with E-state index in [1.165, 1.54) is 0 Å². The molecule has 5 rings (SSSR count). The number of pyridine rings is 2.